The van der Waals surface area contributed by atoms with Crippen molar-refractivity contribution in [3.63, 3.8) is 0 Å². The Bertz CT molecular complexity index is 665. The number of anilines is 1. The van der Waals surface area contributed by atoms with Crippen LogP contribution in [0.2, 0.25) is 0 Å². The van der Waals surface area contributed by atoms with E-state index in [-0.39, 0.29) is 0 Å². The molecular weight excluding hydrogens is 330 g/mol. The molecule has 2 N–H and O–H groups in total. The van der Waals surface area contributed by atoms with E-state index in [0.29, 0.717) is 6.54 Å². The van der Waals surface area contributed by atoms with E-state index in [9.17, 15) is 0 Å². The number of nitrogens with zero attached hydrogens (tertiary/aromatic N) is 1. The Morgan fingerprint density at radius 3 is 2.80 bits per heavy atom. The zero-order valence-corrected chi connectivity index (χ0v) is 15.8. The summed E-state index contributed by atoms with van der Waals surface area (Å²) in [5, 5.41) is 4.15. The molecule has 0 amide bonds. The zero-order valence-electron chi connectivity index (χ0n) is 15.0. The summed E-state index contributed by atoms with van der Waals surface area (Å²) in [6, 6.07) is 12.2. The standard InChI is InChI=1S/C20H27N3OS/c1-17-7-4-8-18(15-17)21-20(25)23(16-19-9-5-14-24-19)13-6-12-22-10-2-3-11-22/h4-5,7-9,14-15H,2-3,6,10-13,16H2,1H3,(H,21,25)/p+1. The minimum atomic E-state index is 0.708. The van der Waals surface area contributed by atoms with Gasteiger partial charge in [-0.2, -0.15) is 0 Å². The largest absolute Gasteiger partial charge is 0.467 e. The minimum Gasteiger partial charge on any atom is -0.467 e. The van der Waals surface area contributed by atoms with E-state index in [0.717, 1.165) is 29.5 Å². The van der Waals surface area contributed by atoms with Gasteiger partial charge in [0.05, 0.1) is 32.4 Å². The monoisotopic (exact) mass is 358 g/mol. The van der Waals surface area contributed by atoms with Crippen molar-refractivity contribution in [2.75, 3.05) is 31.5 Å². The second-order valence-corrected chi connectivity index (χ2v) is 7.25. The number of likely N-dealkylation sites (tertiary alicyclic amines) is 1. The van der Waals surface area contributed by atoms with Crippen molar-refractivity contribution in [2.45, 2.75) is 32.7 Å². The second-order valence-electron chi connectivity index (χ2n) is 6.86. The van der Waals surface area contributed by atoms with Crippen LogP contribution in [0, 0.1) is 6.92 Å². The van der Waals surface area contributed by atoms with Crippen molar-refractivity contribution in [3.8, 4) is 0 Å². The predicted octanol–water partition coefficient (Wildman–Crippen LogP) is 2.86. The lowest BCUT2D eigenvalue weighted by molar-refractivity contribution is -0.887. The van der Waals surface area contributed by atoms with E-state index in [4.69, 9.17) is 16.6 Å². The number of hydrogen-bond acceptors (Lipinski definition) is 2. The van der Waals surface area contributed by atoms with E-state index in [1.807, 2.05) is 18.2 Å². The van der Waals surface area contributed by atoms with E-state index in [1.165, 1.54) is 38.0 Å². The van der Waals surface area contributed by atoms with Crippen LogP contribution < -0.4 is 10.2 Å². The number of rotatable bonds is 7. The number of nitrogens with one attached hydrogen (secondary N) is 2. The van der Waals surface area contributed by atoms with Crippen LogP contribution in [-0.2, 0) is 6.54 Å². The zero-order chi connectivity index (χ0) is 17.5. The van der Waals surface area contributed by atoms with Crippen molar-refractivity contribution in [1.29, 1.82) is 0 Å². The Morgan fingerprint density at radius 1 is 1.24 bits per heavy atom. The lowest BCUT2D eigenvalue weighted by Gasteiger charge is -2.25. The highest BCUT2D eigenvalue weighted by molar-refractivity contribution is 7.80. The van der Waals surface area contributed by atoms with Crippen LogP contribution >= 0.6 is 12.2 Å². The molecule has 3 rings (SSSR count). The Balaban J connectivity index is 1.58. The van der Waals surface area contributed by atoms with Crippen molar-refractivity contribution in [2.24, 2.45) is 0 Å². The first kappa shape index (κ1) is 18.0. The Morgan fingerprint density at radius 2 is 2.08 bits per heavy atom. The summed E-state index contributed by atoms with van der Waals surface area (Å²) in [7, 11) is 0. The van der Waals surface area contributed by atoms with Crippen LogP contribution in [0.3, 0.4) is 0 Å². The highest BCUT2D eigenvalue weighted by Crippen LogP contribution is 2.13. The van der Waals surface area contributed by atoms with Gasteiger partial charge in [0.1, 0.15) is 5.76 Å². The first-order valence-electron chi connectivity index (χ1n) is 9.19. The molecule has 0 saturated carbocycles. The van der Waals surface area contributed by atoms with E-state index < -0.39 is 0 Å². The molecule has 1 aromatic carbocycles. The smallest absolute Gasteiger partial charge is 0.173 e. The topological polar surface area (TPSA) is 32.9 Å². The predicted molar refractivity (Wildman–Crippen MR) is 106 cm³/mol. The third-order valence-electron chi connectivity index (χ3n) is 4.75. The molecule has 0 bridgehead atoms. The first-order chi connectivity index (χ1) is 12.2. The van der Waals surface area contributed by atoms with Crippen LogP contribution in [0.4, 0.5) is 5.69 Å². The quantitative estimate of drug-likeness (QED) is 0.746. The SMILES string of the molecule is Cc1cccc(NC(=S)N(CCC[NH+]2CCCC2)Cc2ccco2)c1. The molecule has 0 spiro atoms. The number of benzene rings is 1. The first-order valence-corrected chi connectivity index (χ1v) is 9.60. The molecule has 0 unspecified atom stereocenters. The summed E-state index contributed by atoms with van der Waals surface area (Å²) in [4.78, 5) is 3.95. The number of furan rings is 1. The normalized spacial score (nSPS) is 14.6. The van der Waals surface area contributed by atoms with Gasteiger partial charge in [-0.15, -0.1) is 0 Å². The average Bonchev–Trinajstić information content (AvgIpc) is 3.27. The van der Waals surface area contributed by atoms with Gasteiger partial charge in [0.2, 0.25) is 0 Å². The maximum atomic E-state index is 5.69. The Labute approximate surface area is 155 Å². The van der Waals surface area contributed by atoms with E-state index in [1.54, 1.807) is 11.2 Å². The summed E-state index contributed by atoms with van der Waals surface area (Å²) in [6.07, 6.45) is 5.61. The molecule has 4 nitrogen and oxygen atoms in total. The van der Waals surface area contributed by atoms with Gasteiger partial charge in [0.25, 0.3) is 0 Å². The van der Waals surface area contributed by atoms with Crippen LogP contribution in [0.5, 0.6) is 0 Å². The minimum absolute atomic E-state index is 0.708. The number of aryl methyl sites for hydroxylation is 1. The van der Waals surface area contributed by atoms with Gasteiger partial charge in [0.15, 0.2) is 5.11 Å². The molecule has 1 fully saturated rings. The van der Waals surface area contributed by atoms with Gasteiger partial charge >= 0.3 is 0 Å². The van der Waals surface area contributed by atoms with Gasteiger partial charge in [0, 0.05) is 31.5 Å². The molecular formula is C20H28N3OS+. The van der Waals surface area contributed by atoms with Crippen molar-refractivity contribution < 1.29 is 9.32 Å². The van der Waals surface area contributed by atoms with Crippen molar-refractivity contribution in [3.05, 3.63) is 54.0 Å². The molecule has 2 heterocycles. The summed E-state index contributed by atoms with van der Waals surface area (Å²) in [5.41, 5.74) is 2.27. The van der Waals surface area contributed by atoms with Gasteiger partial charge in [-0.1, -0.05) is 12.1 Å². The van der Waals surface area contributed by atoms with Gasteiger partial charge in [-0.3, -0.25) is 0 Å². The van der Waals surface area contributed by atoms with Crippen LogP contribution in [-0.4, -0.2) is 36.2 Å². The molecule has 1 saturated heterocycles. The molecule has 5 heteroatoms. The maximum absolute atomic E-state index is 5.69. The molecule has 1 aliphatic rings. The third-order valence-corrected chi connectivity index (χ3v) is 5.11. The van der Waals surface area contributed by atoms with E-state index in [2.05, 4.69) is 35.3 Å². The molecule has 134 valence electrons. The van der Waals surface area contributed by atoms with Gasteiger partial charge in [-0.05, 0) is 49.0 Å². The fourth-order valence-electron chi connectivity index (χ4n) is 3.41. The molecule has 0 aliphatic carbocycles. The number of thiocarbonyl (C=S) groups is 1. The molecule has 1 aromatic heterocycles. The highest BCUT2D eigenvalue weighted by Gasteiger charge is 2.17. The molecule has 1 aliphatic heterocycles. The summed E-state index contributed by atoms with van der Waals surface area (Å²) in [5.74, 6) is 0.946. The highest BCUT2D eigenvalue weighted by atomic mass is 32.1. The fraction of sp³-hybridized carbons (Fsp3) is 0.450. The number of quaternary nitrogens is 1. The summed E-state index contributed by atoms with van der Waals surface area (Å²) >= 11 is 5.69. The molecule has 2 aromatic rings. The Kier molecular flexibility index (Phi) is 6.48. The van der Waals surface area contributed by atoms with Gasteiger partial charge < -0.3 is 19.5 Å². The number of hydrogen-bond donors (Lipinski definition) is 2. The summed E-state index contributed by atoms with van der Waals surface area (Å²) < 4.78 is 5.53. The van der Waals surface area contributed by atoms with E-state index >= 15 is 0 Å². The fourth-order valence-corrected chi connectivity index (χ4v) is 3.69. The Hall–Kier alpha value is -1.85. The van der Waals surface area contributed by atoms with Crippen molar-refractivity contribution >= 4 is 23.0 Å². The molecule has 0 radical (unpaired) electrons. The lowest BCUT2D eigenvalue weighted by Crippen LogP contribution is -3.10. The lowest BCUT2D eigenvalue weighted by atomic mass is 10.2. The van der Waals surface area contributed by atoms with Crippen molar-refractivity contribution in [1.82, 2.24) is 4.90 Å². The third kappa shape index (κ3) is 5.58. The summed E-state index contributed by atoms with van der Waals surface area (Å²) in [6.45, 7) is 7.62. The maximum Gasteiger partial charge on any atom is 0.173 e. The second kappa shape index (κ2) is 9.02. The van der Waals surface area contributed by atoms with Crippen LogP contribution in [0.15, 0.2) is 47.1 Å². The van der Waals surface area contributed by atoms with Crippen LogP contribution in [0.25, 0.3) is 0 Å². The molecule has 0 atom stereocenters. The van der Waals surface area contributed by atoms with Crippen LogP contribution in [0.1, 0.15) is 30.6 Å². The average molecular weight is 359 g/mol. The molecule has 25 heavy (non-hydrogen) atoms. The van der Waals surface area contributed by atoms with Gasteiger partial charge in [-0.25, -0.2) is 0 Å².